The zero-order valence-electron chi connectivity index (χ0n) is 18.0. The van der Waals surface area contributed by atoms with Gasteiger partial charge in [-0.1, -0.05) is 42.0 Å². The third kappa shape index (κ3) is 5.42. The van der Waals surface area contributed by atoms with E-state index >= 15 is 0 Å². The summed E-state index contributed by atoms with van der Waals surface area (Å²) in [5.74, 6) is 0.900. The van der Waals surface area contributed by atoms with E-state index in [2.05, 4.69) is 57.4 Å². The second-order valence-corrected chi connectivity index (χ2v) is 8.47. The lowest BCUT2D eigenvalue weighted by Crippen LogP contribution is -2.48. The Hall–Kier alpha value is -2.90. The highest BCUT2D eigenvalue weighted by molar-refractivity contribution is 7.14. The molecule has 7 heteroatoms. The fourth-order valence-electron chi connectivity index (χ4n) is 3.69. The van der Waals surface area contributed by atoms with Gasteiger partial charge in [0, 0.05) is 37.1 Å². The lowest BCUT2D eigenvalue weighted by Gasteiger charge is -2.36. The van der Waals surface area contributed by atoms with Crippen molar-refractivity contribution in [2.75, 3.05) is 49.5 Å². The van der Waals surface area contributed by atoms with Gasteiger partial charge in [-0.05, 0) is 26.0 Å². The number of para-hydroxylation sites is 2. The lowest BCUT2D eigenvalue weighted by molar-refractivity contribution is -0.117. The average molecular weight is 437 g/mol. The van der Waals surface area contributed by atoms with Crippen LogP contribution in [0.2, 0.25) is 0 Å². The summed E-state index contributed by atoms with van der Waals surface area (Å²) in [6, 6.07) is 16.4. The van der Waals surface area contributed by atoms with E-state index in [9.17, 15) is 4.79 Å². The molecule has 6 nitrogen and oxygen atoms in total. The highest BCUT2D eigenvalue weighted by Gasteiger charge is 2.21. The number of rotatable bonds is 7. The van der Waals surface area contributed by atoms with Crippen molar-refractivity contribution < 1.29 is 9.53 Å². The molecular weight excluding hydrogens is 408 g/mol. The Bertz CT molecular complexity index is 1010. The van der Waals surface area contributed by atoms with Crippen molar-refractivity contribution in [3.05, 3.63) is 59.5 Å². The van der Waals surface area contributed by atoms with E-state index in [0.29, 0.717) is 18.3 Å². The van der Waals surface area contributed by atoms with Gasteiger partial charge >= 0.3 is 0 Å². The normalized spacial score (nSPS) is 14.5. The van der Waals surface area contributed by atoms with Gasteiger partial charge in [0.25, 0.3) is 0 Å². The standard InChI is InChI=1S/C24H28N4O2S/c1-3-30-22-7-5-4-6-21(22)28-14-12-27(13-15-28)16-23(29)26-24-25-20(17-31-24)19-10-8-18(2)9-11-19/h4-11,17H,3,12-16H2,1-2H3,(H,25,26,29). The van der Waals surface area contributed by atoms with E-state index in [1.807, 2.05) is 30.5 Å². The maximum Gasteiger partial charge on any atom is 0.240 e. The summed E-state index contributed by atoms with van der Waals surface area (Å²) < 4.78 is 5.76. The molecule has 31 heavy (non-hydrogen) atoms. The smallest absolute Gasteiger partial charge is 0.240 e. The van der Waals surface area contributed by atoms with Crippen molar-refractivity contribution in [3.8, 4) is 17.0 Å². The van der Waals surface area contributed by atoms with Gasteiger partial charge < -0.3 is 15.0 Å². The molecule has 0 atom stereocenters. The highest BCUT2D eigenvalue weighted by Crippen LogP contribution is 2.29. The summed E-state index contributed by atoms with van der Waals surface area (Å²) in [6.07, 6.45) is 0. The monoisotopic (exact) mass is 436 g/mol. The molecule has 2 heterocycles. The third-order valence-electron chi connectivity index (χ3n) is 5.34. The number of piperazine rings is 1. The summed E-state index contributed by atoms with van der Waals surface area (Å²) in [4.78, 5) is 21.6. The molecule has 0 spiro atoms. The van der Waals surface area contributed by atoms with Gasteiger partial charge in [-0.3, -0.25) is 9.69 Å². The average Bonchev–Trinajstić information content (AvgIpc) is 3.24. The molecule has 0 radical (unpaired) electrons. The fourth-order valence-corrected chi connectivity index (χ4v) is 4.43. The second-order valence-electron chi connectivity index (χ2n) is 7.62. The number of hydrogen-bond donors (Lipinski definition) is 1. The largest absolute Gasteiger partial charge is 0.492 e. The van der Waals surface area contributed by atoms with Crippen molar-refractivity contribution in [1.29, 1.82) is 0 Å². The van der Waals surface area contributed by atoms with E-state index in [1.54, 1.807) is 0 Å². The maximum absolute atomic E-state index is 12.5. The molecule has 0 saturated carbocycles. The van der Waals surface area contributed by atoms with E-state index in [1.165, 1.54) is 16.9 Å². The first-order valence-electron chi connectivity index (χ1n) is 10.6. The van der Waals surface area contributed by atoms with Gasteiger partial charge in [0.2, 0.25) is 5.91 Å². The minimum atomic E-state index is -0.0204. The zero-order chi connectivity index (χ0) is 21.6. The van der Waals surface area contributed by atoms with E-state index in [-0.39, 0.29) is 5.91 Å². The number of aryl methyl sites for hydroxylation is 1. The van der Waals surface area contributed by atoms with Crippen LogP contribution >= 0.6 is 11.3 Å². The van der Waals surface area contributed by atoms with E-state index in [4.69, 9.17) is 4.74 Å². The van der Waals surface area contributed by atoms with Crippen molar-refractivity contribution >= 4 is 28.1 Å². The first-order chi connectivity index (χ1) is 15.1. The molecule has 1 aliphatic heterocycles. The molecule has 1 aromatic heterocycles. The molecule has 0 unspecified atom stereocenters. The van der Waals surface area contributed by atoms with Crippen LogP contribution in [0.25, 0.3) is 11.3 Å². The van der Waals surface area contributed by atoms with Crippen molar-refractivity contribution in [3.63, 3.8) is 0 Å². The molecule has 1 amide bonds. The summed E-state index contributed by atoms with van der Waals surface area (Å²) in [5, 5.41) is 5.58. The van der Waals surface area contributed by atoms with Crippen LogP contribution in [0.4, 0.5) is 10.8 Å². The number of benzene rings is 2. The Kier molecular flexibility index (Phi) is 6.84. The van der Waals surface area contributed by atoms with Crippen molar-refractivity contribution in [2.45, 2.75) is 13.8 Å². The Labute approximate surface area is 187 Å². The second kappa shape index (κ2) is 9.94. The maximum atomic E-state index is 12.5. The van der Waals surface area contributed by atoms with Gasteiger partial charge in [0.1, 0.15) is 5.75 Å². The first-order valence-corrected chi connectivity index (χ1v) is 11.5. The van der Waals surface area contributed by atoms with Crippen LogP contribution in [-0.2, 0) is 4.79 Å². The number of thiazole rings is 1. The van der Waals surface area contributed by atoms with Gasteiger partial charge in [0.05, 0.1) is 24.5 Å². The predicted molar refractivity (Wildman–Crippen MR) is 127 cm³/mol. The zero-order valence-corrected chi connectivity index (χ0v) is 18.8. The van der Waals surface area contributed by atoms with Crippen LogP contribution in [0.3, 0.4) is 0 Å². The number of nitrogens with one attached hydrogen (secondary N) is 1. The molecule has 162 valence electrons. The minimum Gasteiger partial charge on any atom is -0.492 e. The van der Waals surface area contributed by atoms with Crippen LogP contribution < -0.4 is 15.0 Å². The number of amides is 1. The summed E-state index contributed by atoms with van der Waals surface area (Å²) in [6.45, 7) is 8.49. The molecule has 3 aromatic rings. The molecule has 2 aromatic carbocycles. The Balaban J connectivity index is 1.28. The van der Waals surface area contributed by atoms with Crippen LogP contribution in [0.1, 0.15) is 12.5 Å². The van der Waals surface area contributed by atoms with Crippen LogP contribution in [0.15, 0.2) is 53.9 Å². The van der Waals surface area contributed by atoms with Gasteiger partial charge in [-0.2, -0.15) is 0 Å². The van der Waals surface area contributed by atoms with Crippen LogP contribution in [0.5, 0.6) is 5.75 Å². The molecule has 1 saturated heterocycles. The molecule has 0 bridgehead atoms. The topological polar surface area (TPSA) is 57.7 Å². The predicted octanol–water partition coefficient (Wildman–Crippen LogP) is 4.28. The summed E-state index contributed by atoms with van der Waals surface area (Å²) in [7, 11) is 0. The number of anilines is 2. The first kappa shape index (κ1) is 21.3. The minimum absolute atomic E-state index is 0.0204. The highest BCUT2D eigenvalue weighted by atomic mass is 32.1. The fraction of sp³-hybridized carbons (Fsp3) is 0.333. The number of carbonyl (C=O) groups excluding carboxylic acids is 1. The summed E-state index contributed by atoms with van der Waals surface area (Å²) >= 11 is 1.46. The quantitative estimate of drug-likeness (QED) is 0.599. The van der Waals surface area contributed by atoms with E-state index in [0.717, 1.165) is 48.9 Å². The molecular formula is C24H28N4O2S. The number of hydrogen-bond acceptors (Lipinski definition) is 6. The Morgan fingerprint density at radius 2 is 1.84 bits per heavy atom. The summed E-state index contributed by atoms with van der Waals surface area (Å²) in [5.41, 5.74) is 4.29. The molecule has 4 rings (SSSR count). The van der Waals surface area contributed by atoms with Crippen LogP contribution in [0, 0.1) is 6.92 Å². The van der Waals surface area contributed by atoms with Gasteiger partial charge in [-0.25, -0.2) is 4.98 Å². The van der Waals surface area contributed by atoms with Crippen molar-refractivity contribution in [1.82, 2.24) is 9.88 Å². The molecule has 0 aliphatic carbocycles. The molecule has 1 fully saturated rings. The number of aromatic nitrogens is 1. The third-order valence-corrected chi connectivity index (χ3v) is 6.10. The van der Waals surface area contributed by atoms with Gasteiger partial charge in [0.15, 0.2) is 5.13 Å². The lowest BCUT2D eigenvalue weighted by atomic mass is 10.1. The number of ether oxygens (including phenoxy) is 1. The van der Waals surface area contributed by atoms with E-state index < -0.39 is 0 Å². The Morgan fingerprint density at radius 1 is 1.10 bits per heavy atom. The molecule has 1 aliphatic rings. The molecule has 1 N–H and O–H groups in total. The van der Waals surface area contributed by atoms with Crippen LogP contribution in [-0.4, -0.2) is 55.1 Å². The Morgan fingerprint density at radius 3 is 2.58 bits per heavy atom. The number of carbonyl (C=O) groups is 1. The van der Waals surface area contributed by atoms with Gasteiger partial charge in [-0.15, -0.1) is 11.3 Å². The number of nitrogens with zero attached hydrogens (tertiary/aromatic N) is 3. The van der Waals surface area contributed by atoms with Crippen molar-refractivity contribution in [2.24, 2.45) is 0 Å². The SMILES string of the molecule is CCOc1ccccc1N1CCN(CC(=O)Nc2nc(-c3ccc(C)cc3)cs2)CC1.